The van der Waals surface area contributed by atoms with Gasteiger partial charge in [-0.3, -0.25) is 4.55 Å². The van der Waals surface area contributed by atoms with Crippen LogP contribution in [0.3, 0.4) is 0 Å². The van der Waals surface area contributed by atoms with Crippen molar-refractivity contribution in [2.75, 3.05) is 6.61 Å². The molecule has 0 saturated carbocycles. The van der Waals surface area contributed by atoms with Gasteiger partial charge in [0.1, 0.15) is 0 Å². The summed E-state index contributed by atoms with van der Waals surface area (Å²) in [6.45, 7) is 4.60. The number of hydrogen-bond acceptors (Lipinski definition) is 3. The van der Waals surface area contributed by atoms with Crippen molar-refractivity contribution >= 4 is 10.4 Å². The Kier molecular flexibility index (Phi) is 31.2. The molecule has 0 fully saturated rings. The molecule has 0 saturated heterocycles. The fraction of sp³-hybridized carbons (Fsp3) is 0.943. The molecule has 4 nitrogen and oxygen atoms in total. The van der Waals surface area contributed by atoms with E-state index in [0.717, 1.165) is 19.3 Å². The number of allylic oxidation sites excluding steroid dienone is 1. The van der Waals surface area contributed by atoms with Crippen LogP contribution < -0.4 is 0 Å². The van der Waals surface area contributed by atoms with Crippen LogP contribution in [0.5, 0.6) is 0 Å². The van der Waals surface area contributed by atoms with Gasteiger partial charge >= 0.3 is 10.4 Å². The van der Waals surface area contributed by atoms with E-state index in [1.165, 1.54) is 167 Å². The fourth-order valence-electron chi connectivity index (χ4n) is 5.58. The van der Waals surface area contributed by atoms with Crippen molar-refractivity contribution in [3.8, 4) is 0 Å². The van der Waals surface area contributed by atoms with Gasteiger partial charge in [0, 0.05) is 5.92 Å². The number of rotatable bonds is 33. The van der Waals surface area contributed by atoms with Crippen LogP contribution >= 0.6 is 0 Å². The van der Waals surface area contributed by atoms with Crippen molar-refractivity contribution < 1.29 is 17.2 Å². The van der Waals surface area contributed by atoms with Crippen LogP contribution in [0.1, 0.15) is 200 Å². The molecule has 0 rings (SSSR count). The summed E-state index contributed by atoms with van der Waals surface area (Å²) < 4.78 is 35.8. The minimum Gasteiger partial charge on any atom is -0.264 e. The van der Waals surface area contributed by atoms with Crippen molar-refractivity contribution in [1.29, 1.82) is 0 Å². The summed E-state index contributed by atoms with van der Waals surface area (Å²) in [7, 11) is -4.37. The van der Waals surface area contributed by atoms with Gasteiger partial charge in [0.2, 0.25) is 0 Å². The molecule has 240 valence electrons. The second kappa shape index (κ2) is 31.5. The standard InChI is InChI=1S/C35H70O4S/c1-3-5-7-9-11-13-15-17-18-19-21-23-25-27-29-31-33-35(34-39-40(36,37)38)32-30-28-26-24-22-20-16-14-12-10-8-6-4-2/h30,32,35H,3-29,31,33-34H2,1-2H3,(H,36,37,38)/b32-30+. The average molecular weight is 587 g/mol. The fourth-order valence-corrected chi connectivity index (χ4v) is 5.92. The van der Waals surface area contributed by atoms with E-state index in [1.807, 2.05) is 0 Å². The smallest absolute Gasteiger partial charge is 0.264 e. The molecule has 0 aromatic carbocycles. The van der Waals surface area contributed by atoms with Crippen molar-refractivity contribution in [2.24, 2.45) is 5.92 Å². The Morgan fingerprint density at radius 2 is 0.850 bits per heavy atom. The quantitative estimate of drug-likeness (QED) is 0.0472. The van der Waals surface area contributed by atoms with Gasteiger partial charge in [0.25, 0.3) is 0 Å². The Hall–Kier alpha value is -0.390. The molecule has 0 spiro atoms. The summed E-state index contributed by atoms with van der Waals surface area (Å²) in [6.07, 6.45) is 42.7. The molecule has 1 N–H and O–H groups in total. The molecule has 0 radical (unpaired) electrons. The van der Waals surface area contributed by atoms with Crippen molar-refractivity contribution in [3.05, 3.63) is 12.2 Å². The molecular formula is C35H70O4S. The summed E-state index contributed by atoms with van der Waals surface area (Å²) >= 11 is 0. The van der Waals surface area contributed by atoms with E-state index in [2.05, 4.69) is 26.0 Å². The maximum absolute atomic E-state index is 11.1. The predicted octanol–water partition coefficient (Wildman–Crippen LogP) is 12.3. The third-order valence-electron chi connectivity index (χ3n) is 8.24. The van der Waals surface area contributed by atoms with E-state index in [9.17, 15) is 8.42 Å². The molecule has 0 heterocycles. The molecule has 5 heteroatoms. The molecule has 0 aliphatic rings. The Morgan fingerprint density at radius 1 is 0.525 bits per heavy atom. The highest BCUT2D eigenvalue weighted by Crippen LogP contribution is 2.18. The number of hydrogen-bond donors (Lipinski definition) is 1. The third kappa shape index (κ3) is 33.8. The van der Waals surface area contributed by atoms with Crippen LogP contribution in [-0.4, -0.2) is 19.6 Å². The summed E-state index contributed by atoms with van der Waals surface area (Å²) in [6, 6.07) is 0. The van der Waals surface area contributed by atoms with E-state index in [0.29, 0.717) is 0 Å². The molecule has 0 bridgehead atoms. The molecule has 0 aromatic heterocycles. The lowest BCUT2D eigenvalue weighted by molar-refractivity contribution is 0.234. The van der Waals surface area contributed by atoms with Crippen LogP contribution in [0.4, 0.5) is 0 Å². The second-order valence-corrected chi connectivity index (χ2v) is 13.4. The molecule has 0 amide bonds. The van der Waals surface area contributed by atoms with E-state index < -0.39 is 10.4 Å². The van der Waals surface area contributed by atoms with Gasteiger partial charge in [-0.2, -0.15) is 8.42 Å². The molecule has 0 aliphatic carbocycles. The van der Waals surface area contributed by atoms with Gasteiger partial charge < -0.3 is 0 Å². The largest absolute Gasteiger partial charge is 0.397 e. The van der Waals surface area contributed by atoms with Gasteiger partial charge in [0.15, 0.2) is 0 Å². The van der Waals surface area contributed by atoms with Gasteiger partial charge in [-0.15, -0.1) is 0 Å². The Bertz CT molecular complexity index is 617. The van der Waals surface area contributed by atoms with Crippen LogP contribution in [-0.2, 0) is 14.6 Å². The van der Waals surface area contributed by atoms with Gasteiger partial charge in [-0.05, 0) is 19.3 Å². The van der Waals surface area contributed by atoms with E-state index >= 15 is 0 Å². The zero-order valence-corrected chi connectivity index (χ0v) is 27.8. The van der Waals surface area contributed by atoms with Gasteiger partial charge in [-0.25, -0.2) is 4.18 Å². The molecule has 0 aliphatic heterocycles. The summed E-state index contributed by atoms with van der Waals surface area (Å²) in [5.41, 5.74) is 0. The molecule has 0 aromatic rings. The lowest BCUT2D eigenvalue weighted by Crippen LogP contribution is -2.12. The maximum atomic E-state index is 11.1. The van der Waals surface area contributed by atoms with Crippen molar-refractivity contribution in [1.82, 2.24) is 0 Å². The highest BCUT2D eigenvalue weighted by atomic mass is 32.3. The van der Waals surface area contributed by atoms with Gasteiger partial charge in [0.05, 0.1) is 6.61 Å². The monoisotopic (exact) mass is 586 g/mol. The normalized spacial score (nSPS) is 13.0. The molecule has 40 heavy (non-hydrogen) atoms. The summed E-state index contributed by atoms with van der Waals surface area (Å²) in [5, 5.41) is 0. The SMILES string of the molecule is CCCCCCCCCCCCC/C=C/C(CCCCCCCCCCCCCCCCCC)COS(=O)(=O)O. The highest BCUT2D eigenvalue weighted by molar-refractivity contribution is 7.80. The first kappa shape index (κ1) is 39.6. The summed E-state index contributed by atoms with van der Waals surface area (Å²) in [4.78, 5) is 0. The van der Waals surface area contributed by atoms with E-state index in [-0.39, 0.29) is 12.5 Å². The lowest BCUT2D eigenvalue weighted by Gasteiger charge is -2.12. The zero-order chi connectivity index (χ0) is 29.4. The first-order valence-electron chi connectivity index (χ1n) is 17.8. The zero-order valence-electron chi connectivity index (χ0n) is 27.0. The number of unbranched alkanes of at least 4 members (excludes halogenated alkanes) is 26. The lowest BCUT2D eigenvalue weighted by atomic mass is 9.99. The highest BCUT2D eigenvalue weighted by Gasteiger charge is 2.11. The Morgan fingerprint density at radius 3 is 1.20 bits per heavy atom. The minimum atomic E-state index is -4.37. The molecular weight excluding hydrogens is 516 g/mol. The third-order valence-corrected chi connectivity index (χ3v) is 8.68. The van der Waals surface area contributed by atoms with E-state index in [1.54, 1.807) is 0 Å². The van der Waals surface area contributed by atoms with Crippen LogP contribution in [0.2, 0.25) is 0 Å². The van der Waals surface area contributed by atoms with Crippen molar-refractivity contribution in [3.63, 3.8) is 0 Å². The average Bonchev–Trinajstić information content (AvgIpc) is 2.93. The second-order valence-electron chi connectivity index (χ2n) is 12.3. The maximum Gasteiger partial charge on any atom is 0.397 e. The van der Waals surface area contributed by atoms with Gasteiger partial charge in [-0.1, -0.05) is 193 Å². The summed E-state index contributed by atoms with van der Waals surface area (Å²) in [5.74, 6) is 0.0567. The minimum absolute atomic E-state index is 0.0479. The Balaban J connectivity index is 3.75. The topological polar surface area (TPSA) is 63.6 Å². The molecule has 1 unspecified atom stereocenters. The molecule has 1 atom stereocenters. The van der Waals surface area contributed by atoms with Crippen molar-refractivity contribution in [2.45, 2.75) is 200 Å². The predicted molar refractivity (Wildman–Crippen MR) is 175 cm³/mol. The van der Waals surface area contributed by atoms with Crippen LogP contribution in [0, 0.1) is 5.92 Å². The van der Waals surface area contributed by atoms with Crippen LogP contribution in [0.25, 0.3) is 0 Å². The van der Waals surface area contributed by atoms with E-state index in [4.69, 9.17) is 8.74 Å². The first-order chi connectivity index (χ1) is 19.5. The first-order valence-corrected chi connectivity index (χ1v) is 19.1. The van der Waals surface area contributed by atoms with Crippen LogP contribution in [0.15, 0.2) is 12.2 Å². The Labute approximate surface area is 251 Å².